The maximum atomic E-state index is 13.5. The van der Waals surface area contributed by atoms with Crippen molar-refractivity contribution in [3.8, 4) is 0 Å². The van der Waals surface area contributed by atoms with Crippen LogP contribution in [0.15, 0.2) is 18.2 Å². The molecule has 0 unspecified atom stereocenters. The van der Waals surface area contributed by atoms with Gasteiger partial charge in [0.2, 0.25) is 10.0 Å². The molecule has 0 heterocycles. The predicted octanol–water partition coefficient (Wildman–Crippen LogP) is 1.29. The molecule has 0 bridgehead atoms. The molecule has 0 radical (unpaired) electrons. The normalized spacial score (nSPS) is 11.1. The Labute approximate surface area is 92.0 Å². The molecule has 1 rings (SSSR count). The van der Waals surface area contributed by atoms with Gasteiger partial charge in [-0.1, -0.05) is 6.07 Å². The number of hydrogen-bond donors (Lipinski definition) is 2. The van der Waals surface area contributed by atoms with Gasteiger partial charge >= 0.3 is 5.97 Å². The lowest BCUT2D eigenvalue weighted by Gasteiger charge is -2.08. The fraction of sp³-hybridized carbons (Fsp3) is 0.222. The molecule has 0 saturated heterocycles. The van der Waals surface area contributed by atoms with E-state index in [0.29, 0.717) is 0 Å². The van der Waals surface area contributed by atoms with Crippen molar-refractivity contribution < 1.29 is 22.7 Å². The number of carboxylic acids is 1. The number of aromatic carboxylic acids is 1. The van der Waals surface area contributed by atoms with Gasteiger partial charge in [-0.2, -0.15) is 0 Å². The first kappa shape index (κ1) is 12.4. The zero-order chi connectivity index (χ0) is 12.3. The van der Waals surface area contributed by atoms with Crippen molar-refractivity contribution in [2.75, 3.05) is 10.5 Å². The summed E-state index contributed by atoms with van der Waals surface area (Å²) >= 11 is 0. The predicted molar refractivity (Wildman–Crippen MR) is 56.4 cm³/mol. The topological polar surface area (TPSA) is 83.5 Å². The molecule has 0 aliphatic carbocycles. The van der Waals surface area contributed by atoms with Gasteiger partial charge in [0.05, 0.1) is 17.0 Å². The van der Waals surface area contributed by atoms with Gasteiger partial charge in [0.1, 0.15) is 0 Å². The summed E-state index contributed by atoms with van der Waals surface area (Å²) < 4.78 is 37.8. The Hall–Kier alpha value is -1.63. The van der Waals surface area contributed by atoms with Gasteiger partial charge in [-0.05, 0) is 19.1 Å². The monoisotopic (exact) mass is 247 g/mol. The number of halogens is 1. The van der Waals surface area contributed by atoms with Crippen molar-refractivity contribution in [2.45, 2.75) is 6.92 Å². The first-order valence-corrected chi connectivity index (χ1v) is 6.05. The van der Waals surface area contributed by atoms with Crippen molar-refractivity contribution >= 4 is 21.7 Å². The lowest BCUT2D eigenvalue weighted by molar-refractivity contribution is 0.0692. The average molecular weight is 247 g/mol. The van der Waals surface area contributed by atoms with Crippen molar-refractivity contribution in [1.29, 1.82) is 0 Å². The smallest absolute Gasteiger partial charge is 0.338 e. The van der Waals surface area contributed by atoms with E-state index in [9.17, 15) is 17.6 Å². The molecule has 1 aromatic rings. The molecule has 0 aromatic heterocycles. The Morgan fingerprint density at radius 2 is 2.12 bits per heavy atom. The highest BCUT2D eigenvalue weighted by Crippen LogP contribution is 2.19. The molecule has 7 heteroatoms. The van der Waals surface area contributed by atoms with Crippen LogP contribution >= 0.6 is 0 Å². The van der Waals surface area contributed by atoms with Gasteiger partial charge in [-0.25, -0.2) is 17.6 Å². The lowest BCUT2D eigenvalue weighted by Crippen LogP contribution is -2.16. The van der Waals surface area contributed by atoms with Crippen LogP contribution in [0.1, 0.15) is 17.3 Å². The van der Waals surface area contributed by atoms with E-state index in [2.05, 4.69) is 0 Å². The van der Waals surface area contributed by atoms with Crippen molar-refractivity contribution in [2.24, 2.45) is 0 Å². The first-order valence-electron chi connectivity index (χ1n) is 4.39. The van der Waals surface area contributed by atoms with Gasteiger partial charge in [0.15, 0.2) is 5.82 Å². The van der Waals surface area contributed by atoms with Crippen molar-refractivity contribution in [1.82, 2.24) is 0 Å². The maximum Gasteiger partial charge on any atom is 0.338 e. The van der Waals surface area contributed by atoms with Crippen LogP contribution in [-0.2, 0) is 10.0 Å². The van der Waals surface area contributed by atoms with Gasteiger partial charge in [0.25, 0.3) is 0 Å². The van der Waals surface area contributed by atoms with E-state index in [4.69, 9.17) is 5.11 Å². The van der Waals surface area contributed by atoms with Crippen molar-refractivity contribution in [3.05, 3.63) is 29.6 Å². The fourth-order valence-electron chi connectivity index (χ4n) is 1.02. The molecule has 0 fully saturated rings. The Kier molecular flexibility index (Phi) is 3.48. The summed E-state index contributed by atoms with van der Waals surface area (Å²) in [6.45, 7) is 1.39. The number of carboxylic acid groups (broad SMARTS) is 1. The van der Waals surface area contributed by atoms with Crippen LogP contribution in [0.25, 0.3) is 0 Å². The third-order valence-corrected chi connectivity index (χ3v) is 3.17. The Bertz CT molecular complexity index is 512. The molecule has 0 atom stereocenters. The van der Waals surface area contributed by atoms with Gasteiger partial charge in [-0.3, -0.25) is 4.72 Å². The second kappa shape index (κ2) is 4.48. The maximum absolute atomic E-state index is 13.5. The summed E-state index contributed by atoms with van der Waals surface area (Å²) in [7, 11) is -3.62. The molecule has 88 valence electrons. The summed E-state index contributed by atoms with van der Waals surface area (Å²) in [4.78, 5) is 10.6. The van der Waals surface area contributed by atoms with Crippen LogP contribution in [0.2, 0.25) is 0 Å². The number of hydrogen-bond acceptors (Lipinski definition) is 3. The number of sulfonamides is 1. The van der Waals surface area contributed by atoms with Gasteiger partial charge in [0, 0.05) is 0 Å². The summed E-state index contributed by atoms with van der Waals surface area (Å²) in [5.41, 5.74) is -0.932. The molecule has 0 aliphatic heterocycles. The van der Waals surface area contributed by atoms with E-state index in [-0.39, 0.29) is 11.4 Å². The molecule has 16 heavy (non-hydrogen) atoms. The Morgan fingerprint density at radius 1 is 1.50 bits per heavy atom. The second-order valence-corrected chi connectivity index (χ2v) is 4.99. The molecule has 1 aromatic carbocycles. The van der Waals surface area contributed by atoms with Gasteiger partial charge < -0.3 is 5.11 Å². The van der Waals surface area contributed by atoms with Gasteiger partial charge in [-0.15, -0.1) is 0 Å². The van der Waals surface area contributed by atoms with E-state index in [1.807, 2.05) is 4.72 Å². The van der Waals surface area contributed by atoms with Crippen LogP contribution in [-0.4, -0.2) is 25.2 Å². The number of benzene rings is 1. The summed E-state index contributed by atoms with van der Waals surface area (Å²) in [5, 5.41) is 8.63. The number of nitrogens with one attached hydrogen (secondary N) is 1. The van der Waals surface area contributed by atoms with Crippen LogP contribution in [0.3, 0.4) is 0 Å². The summed E-state index contributed by atoms with van der Waals surface area (Å²) in [6.07, 6.45) is 0. The molecular weight excluding hydrogens is 237 g/mol. The minimum absolute atomic E-state index is 0.219. The lowest BCUT2D eigenvalue weighted by atomic mass is 10.2. The van der Waals surface area contributed by atoms with Crippen LogP contribution in [0.4, 0.5) is 10.1 Å². The molecule has 5 nitrogen and oxygen atoms in total. The minimum atomic E-state index is -3.62. The quantitative estimate of drug-likeness (QED) is 0.839. The zero-order valence-corrected chi connectivity index (χ0v) is 9.21. The first-order chi connectivity index (χ1) is 7.37. The van der Waals surface area contributed by atoms with E-state index in [0.717, 1.165) is 12.1 Å². The summed E-state index contributed by atoms with van der Waals surface area (Å²) in [6, 6.07) is 3.48. The highest BCUT2D eigenvalue weighted by molar-refractivity contribution is 7.92. The van der Waals surface area contributed by atoms with Crippen LogP contribution in [0.5, 0.6) is 0 Å². The van der Waals surface area contributed by atoms with Crippen LogP contribution in [0, 0.1) is 5.82 Å². The molecular formula is C9H10FNO4S. The third-order valence-electron chi connectivity index (χ3n) is 1.87. The van der Waals surface area contributed by atoms with E-state index >= 15 is 0 Å². The largest absolute Gasteiger partial charge is 0.478 e. The highest BCUT2D eigenvalue weighted by Gasteiger charge is 2.16. The Morgan fingerprint density at radius 3 is 2.62 bits per heavy atom. The Balaban J connectivity index is 3.17. The molecule has 2 N–H and O–H groups in total. The zero-order valence-electron chi connectivity index (χ0n) is 8.40. The molecule has 0 saturated carbocycles. The highest BCUT2D eigenvalue weighted by atomic mass is 32.2. The second-order valence-electron chi connectivity index (χ2n) is 2.98. The fourth-order valence-corrected chi connectivity index (χ4v) is 1.65. The third kappa shape index (κ3) is 2.69. The van der Waals surface area contributed by atoms with E-state index < -0.39 is 27.4 Å². The SMILES string of the molecule is CCS(=O)(=O)Nc1cccc(C(=O)O)c1F. The van der Waals surface area contributed by atoms with Crippen LogP contribution < -0.4 is 4.72 Å². The molecule has 0 spiro atoms. The minimum Gasteiger partial charge on any atom is -0.478 e. The molecule has 0 aliphatic rings. The number of carbonyl (C=O) groups is 1. The van der Waals surface area contributed by atoms with E-state index in [1.54, 1.807) is 0 Å². The van der Waals surface area contributed by atoms with Crippen molar-refractivity contribution in [3.63, 3.8) is 0 Å². The molecule has 0 amide bonds. The summed E-state index contributed by atoms with van der Waals surface area (Å²) in [5.74, 6) is -2.76. The number of rotatable bonds is 4. The number of anilines is 1. The average Bonchev–Trinajstić information content (AvgIpc) is 2.20. The standard InChI is InChI=1S/C9H10FNO4S/c1-2-16(14,15)11-7-5-3-4-6(8(7)10)9(12)13/h3-5,11H,2H2,1H3,(H,12,13). The van der Waals surface area contributed by atoms with E-state index in [1.165, 1.54) is 13.0 Å².